The molecular formula is C23H24N2O3. The van der Waals surface area contributed by atoms with E-state index in [1.807, 2.05) is 66.5 Å². The van der Waals surface area contributed by atoms with Gasteiger partial charge >= 0.3 is 0 Å². The van der Waals surface area contributed by atoms with Crippen molar-refractivity contribution < 1.29 is 14.3 Å². The Balaban J connectivity index is 1.56. The van der Waals surface area contributed by atoms with Crippen molar-refractivity contribution >= 4 is 6.29 Å². The summed E-state index contributed by atoms with van der Waals surface area (Å²) in [5, 5.41) is 4.47. The Morgan fingerprint density at radius 3 is 2.82 bits per heavy atom. The second-order valence-corrected chi connectivity index (χ2v) is 7.13. The van der Waals surface area contributed by atoms with Crippen LogP contribution in [0.3, 0.4) is 0 Å². The van der Waals surface area contributed by atoms with Gasteiger partial charge in [0.1, 0.15) is 18.6 Å². The molecule has 2 heterocycles. The summed E-state index contributed by atoms with van der Waals surface area (Å²) < 4.78 is 13.6. The van der Waals surface area contributed by atoms with E-state index in [9.17, 15) is 4.79 Å². The van der Waals surface area contributed by atoms with E-state index in [0.29, 0.717) is 17.9 Å². The third-order valence-electron chi connectivity index (χ3n) is 5.04. The van der Waals surface area contributed by atoms with E-state index in [1.54, 1.807) is 0 Å². The molecular weight excluding hydrogens is 352 g/mol. The minimum atomic E-state index is 0.00242. The van der Waals surface area contributed by atoms with Crippen molar-refractivity contribution in [3.63, 3.8) is 0 Å². The van der Waals surface area contributed by atoms with Gasteiger partial charge in [0.25, 0.3) is 0 Å². The van der Waals surface area contributed by atoms with Crippen LogP contribution in [0.25, 0.3) is 11.1 Å². The van der Waals surface area contributed by atoms with Crippen molar-refractivity contribution in [1.29, 1.82) is 0 Å². The fourth-order valence-electron chi connectivity index (χ4n) is 3.56. The maximum absolute atomic E-state index is 11.7. The van der Waals surface area contributed by atoms with Crippen molar-refractivity contribution in [2.24, 2.45) is 0 Å². The zero-order valence-electron chi connectivity index (χ0n) is 16.0. The Morgan fingerprint density at radius 1 is 1.21 bits per heavy atom. The average molecular weight is 376 g/mol. The zero-order valence-corrected chi connectivity index (χ0v) is 16.0. The predicted molar refractivity (Wildman–Crippen MR) is 107 cm³/mol. The molecule has 0 N–H and O–H groups in total. The molecule has 1 fully saturated rings. The van der Waals surface area contributed by atoms with Crippen LogP contribution < -0.4 is 4.74 Å². The third-order valence-corrected chi connectivity index (χ3v) is 5.04. The van der Waals surface area contributed by atoms with Crippen LogP contribution in [0, 0.1) is 6.92 Å². The number of hydrogen-bond donors (Lipinski definition) is 0. The van der Waals surface area contributed by atoms with E-state index in [1.165, 1.54) is 0 Å². The largest absolute Gasteiger partial charge is 0.488 e. The highest BCUT2D eigenvalue weighted by atomic mass is 16.5. The fourth-order valence-corrected chi connectivity index (χ4v) is 3.56. The van der Waals surface area contributed by atoms with Crippen LogP contribution >= 0.6 is 0 Å². The van der Waals surface area contributed by atoms with Gasteiger partial charge in [-0.3, -0.25) is 4.79 Å². The number of carbonyl (C=O) groups excluding carboxylic acids is 1. The van der Waals surface area contributed by atoms with E-state index in [-0.39, 0.29) is 6.23 Å². The number of benzene rings is 2. The Kier molecular flexibility index (Phi) is 5.53. The molecule has 3 aromatic rings. The summed E-state index contributed by atoms with van der Waals surface area (Å²) in [5.74, 6) is 0.630. The average Bonchev–Trinajstić information content (AvgIpc) is 3.24. The second kappa shape index (κ2) is 8.40. The van der Waals surface area contributed by atoms with Gasteiger partial charge in [0, 0.05) is 18.4 Å². The minimum Gasteiger partial charge on any atom is -0.488 e. The minimum absolute atomic E-state index is 0.00242. The first-order chi connectivity index (χ1) is 13.7. The van der Waals surface area contributed by atoms with Crippen LogP contribution in [-0.2, 0) is 11.3 Å². The summed E-state index contributed by atoms with van der Waals surface area (Å²) in [6.07, 6.45) is 7.91. The molecule has 5 heteroatoms. The van der Waals surface area contributed by atoms with Gasteiger partial charge in [0.2, 0.25) is 0 Å². The van der Waals surface area contributed by atoms with E-state index >= 15 is 0 Å². The maximum Gasteiger partial charge on any atom is 0.153 e. The quantitative estimate of drug-likeness (QED) is 0.571. The number of nitrogens with zero attached hydrogens (tertiary/aromatic N) is 2. The third kappa shape index (κ3) is 3.99. The summed E-state index contributed by atoms with van der Waals surface area (Å²) in [4.78, 5) is 11.7. The first kappa shape index (κ1) is 18.4. The molecule has 5 nitrogen and oxygen atoms in total. The van der Waals surface area contributed by atoms with E-state index in [4.69, 9.17) is 9.47 Å². The van der Waals surface area contributed by atoms with Gasteiger partial charge in [-0.1, -0.05) is 30.3 Å². The number of ether oxygens (including phenoxy) is 2. The topological polar surface area (TPSA) is 53.4 Å². The highest BCUT2D eigenvalue weighted by Gasteiger charge is 2.18. The van der Waals surface area contributed by atoms with Crippen molar-refractivity contribution in [2.45, 2.75) is 39.0 Å². The molecule has 4 rings (SSSR count). The van der Waals surface area contributed by atoms with Crippen LogP contribution in [0.5, 0.6) is 5.75 Å². The fraction of sp³-hybridized carbons (Fsp3) is 0.304. The lowest BCUT2D eigenvalue weighted by Gasteiger charge is -2.22. The van der Waals surface area contributed by atoms with Crippen molar-refractivity contribution in [2.75, 3.05) is 6.61 Å². The molecule has 0 aliphatic carbocycles. The molecule has 0 amide bonds. The molecule has 0 radical (unpaired) electrons. The molecule has 1 aromatic heterocycles. The summed E-state index contributed by atoms with van der Waals surface area (Å²) in [6.45, 7) is 3.17. The first-order valence-corrected chi connectivity index (χ1v) is 9.67. The Morgan fingerprint density at radius 2 is 2.07 bits per heavy atom. The number of aryl methyl sites for hydroxylation is 1. The molecule has 0 spiro atoms. The Bertz CT molecular complexity index is 944. The Labute approximate surface area is 164 Å². The number of aromatic nitrogens is 2. The van der Waals surface area contributed by atoms with Crippen molar-refractivity contribution in [1.82, 2.24) is 9.78 Å². The summed E-state index contributed by atoms with van der Waals surface area (Å²) in [6, 6.07) is 13.8. The normalized spacial score (nSPS) is 16.7. The van der Waals surface area contributed by atoms with Gasteiger partial charge in [-0.15, -0.1) is 0 Å². The standard InChI is InChI=1S/C23H24N2O3/c1-17-11-19(21-13-24-25(14-21)22-9-5-6-10-27-22)12-20(15-26)23(17)28-16-18-7-3-2-4-8-18/h2-4,7-8,11-15,22H,5-6,9-10,16H2,1H3. The lowest BCUT2D eigenvalue weighted by atomic mass is 10.0. The van der Waals surface area contributed by atoms with Gasteiger partial charge in [-0.05, 0) is 55.0 Å². The highest BCUT2D eigenvalue weighted by molar-refractivity contribution is 5.84. The molecule has 2 aromatic carbocycles. The Hall–Kier alpha value is -2.92. The van der Waals surface area contributed by atoms with Crippen LogP contribution in [0.15, 0.2) is 54.9 Å². The molecule has 1 atom stereocenters. The van der Waals surface area contributed by atoms with E-state index < -0.39 is 0 Å². The number of rotatable bonds is 6. The van der Waals surface area contributed by atoms with Crippen LogP contribution in [0.2, 0.25) is 0 Å². The highest BCUT2D eigenvalue weighted by Crippen LogP contribution is 2.31. The summed E-state index contributed by atoms with van der Waals surface area (Å²) in [7, 11) is 0. The van der Waals surface area contributed by atoms with Gasteiger partial charge in [-0.2, -0.15) is 5.10 Å². The molecule has 1 aliphatic heterocycles. The predicted octanol–water partition coefficient (Wildman–Crippen LogP) is 4.95. The van der Waals surface area contributed by atoms with E-state index in [2.05, 4.69) is 5.10 Å². The van der Waals surface area contributed by atoms with E-state index in [0.717, 1.165) is 54.4 Å². The second-order valence-electron chi connectivity index (χ2n) is 7.13. The molecule has 1 saturated heterocycles. The lowest BCUT2D eigenvalue weighted by Crippen LogP contribution is -2.18. The van der Waals surface area contributed by atoms with Gasteiger partial charge < -0.3 is 9.47 Å². The maximum atomic E-state index is 11.7. The summed E-state index contributed by atoms with van der Waals surface area (Å²) >= 11 is 0. The molecule has 0 bridgehead atoms. The SMILES string of the molecule is Cc1cc(-c2cnn(C3CCCCO3)c2)cc(C=O)c1OCc1ccccc1. The molecule has 1 unspecified atom stereocenters. The zero-order chi connectivity index (χ0) is 19.3. The number of aldehydes is 1. The van der Waals surface area contributed by atoms with Crippen LogP contribution in [-0.4, -0.2) is 22.7 Å². The van der Waals surface area contributed by atoms with Gasteiger partial charge in [-0.25, -0.2) is 4.68 Å². The van der Waals surface area contributed by atoms with Crippen molar-refractivity contribution in [3.05, 3.63) is 71.5 Å². The van der Waals surface area contributed by atoms with Crippen LogP contribution in [0.1, 0.15) is 47.0 Å². The molecule has 28 heavy (non-hydrogen) atoms. The summed E-state index contributed by atoms with van der Waals surface area (Å²) in [5.41, 5.74) is 4.46. The molecule has 1 aliphatic rings. The van der Waals surface area contributed by atoms with Crippen molar-refractivity contribution in [3.8, 4) is 16.9 Å². The smallest absolute Gasteiger partial charge is 0.153 e. The van der Waals surface area contributed by atoms with Gasteiger partial charge in [0.05, 0.1) is 11.8 Å². The number of carbonyl (C=O) groups is 1. The number of hydrogen-bond acceptors (Lipinski definition) is 4. The first-order valence-electron chi connectivity index (χ1n) is 9.67. The van der Waals surface area contributed by atoms with Gasteiger partial charge in [0.15, 0.2) is 6.29 Å². The molecule has 144 valence electrons. The molecule has 0 saturated carbocycles. The monoisotopic (exact) mass is 376 g/mol. The lowest BCUT2D eigenvalue weighted by molar-refractivity contribution is -0.0394. The van der Waals surface area contributed by atoms with Crippen LogP contribution in [0.4, 0.5) is 0 Å².